The van der Waals surface area contributed by atoms with Crippen LogP contribution in [0.3, 0.4) is 0 Å². The molecule has 17 heavy (non-hydrogen) atoms. The summed E-state index contributed by atoms with van der Waals surface area (Å²) in [7, 11) is 5.49. The van der Waals surface area contributed by atoms with Gasteiger partial charge in [-0.1, -0.05) is 0 Å². The fraction of sp³-hybridized carbons (Fsp3) is 0.250. The highest BCUT2D eigenvalue weighted by Gasteiger charge is 2.03. The number of hydrogen-bond donors (Lipinski definition) is 0. The van der Waals surface area contributed by atoms with Gasteiger partial charge < -0.3 is 9.64 Å². The number of aromatic nitrogens is 3. The van der Waals surface area contributed by atoms with Gasteiger partial charge in [-0.2, -0.15) is 0 Å². The third-order valence-electron chi connectivity index (χ3n) is 2.35. The molecule has 0 aliphatic rings. The number of nitrogens with zero attached hydrogens (tertiary/aromatic N) is 4. The molecule has 0 saturated carbocycles. The van der Waals surface area contributed by atoms with Crippen LogP contribution in [0.25, 0.3) is 11.3 Å². The van der Waals surface area contributed by atoms with Gasteiger partial charge in [0, 0.05) is 31.9 Å². The minimum Gasteiger partial charge on any atom is -0.481 e. The van der Waals surface area contributed by atoms with Crippen molar-refractivity contribution in [3.63, 3.8) is 0 Å². The predicted octanol–water partition coefficient (Wildman–Crippen LogP) is 1.61. The van der Waals surface area contributed by atoms with Gasteiger partial charge in [0.2, 0.25) is 5.88 Å². The number of rotatable bonds is 3. The van der Waals surface area contributed by atoms with Crippen LogP contribution < -0.4 is 9.64 Å². The fourth-order valence-electron chi connectivity index (χ4n) is 1.41. The Morgan fingerprint density at radius 3 is 2.53 bits per heavy atom. The minimum absolute atomic E-state index is 0.548. The Balaban J connectivity index is 2.32. The molecular weight excluding hydrogens is 216 g/mol. The Bertz CT molecular complexity index is 496. The molecule has 2 aromatic rings. The van der Waals surface area contributed by atoms with Crippen LogP contribution in [0.5, 0.6) is 5.88 Å². The van der Waals surface area contributed by atoms with Gasteiger partial charge in [-0.3, -0.25) is 0 Å². The van der Waals surface area contributed by atoms with Crippen LogP contribution in [0.4, 0.5) is 5.82 Å². The lowest BCUT2D eigenvalue weighted by Crippen LogP contribution is -2.10. The van der Waals surface area contributed by atoms with E-state index in [1.54, 1.807) is 19.4 Å². The fourth-order valence-corrected chi connectivity index (χ4v) is 1.41. The number of methoxy groups -OCH3 is 1. The van der Waals surface area contributed by atoms with Crippen LogP contribution in [0.2, 0.25) is 0 Å². The van der Waals surface area contributed by atoms with E-state index in [-0.39, 0.29) is 0 Å². The second-order valence-electron chi connectivity index (χ2n) is 3.75. The molecule has 0 spiro atoms. The number of ether oxygens (including phenoxy) is 1. The second kappa shape index (κ2) is 4.78. The van der Waals surface area contributed by atoms with Crippen LogP contribution in [-0.4, -0.2) is 36.2 Å². The molecule has 0 bridgehead atoms. The normalized spacial score (nSPS) is 10.1. The first kappa shape index (κ1) is 11.3. The summed E-state index contributed by atoms with van der Waals surface area (Å²) in [6.07, 6.45) is 3.27. The Hall–Kier alpha value is -2.17. The van der Waals surface area contributed by atoms with Gasteiger partial charge in [-0.05, 0) is 12.1 Å². The predicted molar refractivity (Wildman–Crippen MR) is 66.1 cm³/mol. The van der Waals surface area contributed by atoms with E-state index in [2.05, 4.69) is 15.0 Å². The largest absolute Gasteiger partial charge is 0.481 e. The molecule has 2 heterocycles. The van der Waals surface area contributed by atoms with Crippen molar-refractivity contribution in [1.82, 2.24) is 15.0 Å². The highest BCUT2D eigenvalue weighted by molar-refractivity contribution is 5.60. The van der Waals surface area contributed by atoms with E-state index in [1.165, 1.54) is 6.33 Å². The zero-order valence-corrected chi connectivity index (χ0v) is 10.1. The maximum Gasteiger partial charge on any atom is 0.216 e. The number of pyridine rings is 1. The molecule has 0 saturated heterocycles. The van der Waals surface area contributed by atoms with E-state index in [0.29, 0.717) is 5.88 Å². The summed E-state index contributed by atoms with van der Waals surface area (Å²) >= 11 is 0. The molecule has 0 amide bonds. The molecule has 0 atom stereocenters. The van der Waals surface area contributed by atoms with Crippen molar-refractivity contribution < 1.29 is 4.74 Å². The van der Waals surface area contributed by atoms with Crippen molar-refractivity contribution in [2.45, 2.75) is 0 Å². The maximum atomic E-state index is 5.06. The second-order valence-corrected chi connectivity index (χ2v) is 3.75. The molecule has 0 unspecified atom stereocenters. The molecule has 88 valence electrons. The Morgan fingerprint density at radius 2 is 1.94 bits per heavy atom. The summed E-state index contributed by atoms with van der Waals surface area (Å²) in [5.41, 5.74) is 1.74. The summed E-state index contributed by atoms with van der Waals surface area (Å²) in [5.74, 6) is 1.46. The Morgan fingerprint density at radius 1 is 1.12 bits per heavy atom. The van der Waals surface area contributed by atoms with Gasteiger partial charge in [-0.25, -0.2) is 15.0 Å². The molecule has 0 N–H and O–H groups in total. The number of hydrogen-bond acceptors (Lipinski definition) is 5. The standard InChI is InChI=1S/C12H14N4O/c1-16(2)11-5-4-9(7-13-11)10-6-12(17-3)15-8-14-10/h4-8H,1-3H3. The van der Waals surface area contributed by atoms with E-state index in [1.807, 2.05) is 31.1 Å². The lowest BCUT2D eigenvalue weighted by atomic mass is 10.2. The van der Waals surface area contributed by atoms with Crippen molar-refractivity contribution in [3.05, 3.63) is 30.7 Å². The monoisotopic (exact) mass is 230 g/mol. The molecule has 0 aromatic carbocycles. The summed E-state index contributed by atoms with van der Waals surface area (Å²) in [4.78, 5) is 14.4. The zero-order chi connectivity index (χ0) is 12.3. The molecule has 5 heteroatoms. The van der Waals surface area contributed by atoms with Crippen LogP contribution in [0.15, 0.2) is 30.7 Å². The smallest absolute Gasteiger partial charge is 0.216 e. The highest BCUT2D eigenvalue weighted by Crippen LogP contribution is 2.20. The Kier molecular flexibility index (Phi) is 3.18. The van der Waals surface area contributed by atoms with Gasteiger partial charge in [0.15, 0.2) is 0 Å². The van der Waals surface area contributed by atoms with Gasteiger partial charge in [0.25, 0.3) is 0 Å². The van der Waals surface area contributed by atoms with Crippen molar-refractivity contribution in [3.8, 4) is 17.1 Å². The number of anilines is 1. The van der Waals surface area contributed by atoms with Crippen molar-refractivity contribution in [2.75, 3.05) is 26.1 Å². The summed E-state index contributed by atoms with van der Waals surface area (Å²) in [6.45, 7) is 0. The zero-order valence-electron chi connectivity index (χ0n) is 10.1. The van der Waals surface area contributed by atoms with E-state index in [4.69, 9.17) is 4.74 Å². The van der Waals surface area contributed by atoms with Crippen molar-refractivity contribution in [1.29, 1.82) is 0 Å². The topological polar surface area (TPSA) is 51.1 Å². The van der Waals surface area contributed by atoms with Gasteiger partial charge >= 0.3 is 0 Å². The molecule has 0 fully saturated rings. The molecular formula is C12H14N4O. The Labute approximate surface area is 100 Å². The summed E-state index contributed by atoms with van der Waals surface area (Å²) < 4.78 is 5.06. The third-order valence-corrected chi connectivity index (χ3v) is 2.35. The quantitative estimate of drug-likeness (QED) is 0.801. The van der Waals surface area contributed by atoms with E-state index in [0.717, 1.165) is 17.1 Å². The first-order chi connectivity index (χ1) is 8.20. The van der Waals surface area contributed by atoms with Gasteiger partial charge in [0.05, 0.1) is 12.8 Å². The van der Waals surface area contributed by atoms with E-state index >= 15 is 0 Å². The first-order valence-corrected chi connectivity index (χ1v) is 5.20. The molecule has 0 aliphatic heterocycles. The molecule has 2 aromatic heterocycles. The lowest BCUT2D eigenvalue weighted by molar-refractivity contribution is 0.397. The molecule has 2 rings (SSSR count). The summed E-state index contributed by atoms with van der Waals surface area (Å²) in [5, 5.41) is 0. The van der Waals surface area contributed by atoms with Crippen molar-refractivity contribution in [2.24, 2.45) is 0 Å². The third kappa shape index (κ3) is 2.50. The SMILES string of the molecule is COc1cc(-c2ccc(N(C)C)nc2)ncn1. The van der Waals surface area contributed by atoms with Crippen molar-refractivity contribution >= 4 is 5.82 Å². The maximum absolute atomic E-state index is 5.06. The van der Waals surface area contributed by atoms with Crippen LogP contribution in [-0.2, 0) is 0 Å². The minimum atomic E-state index is 0.548. The van der Waals surface area contributed by atoms with Crippen LogP contribution in [0.1, 0.15) is 0 Å². The van der Waals surface area contributed by atoms with Crippen LogP contribution in [0, 0.1) is 0 Å². The average molecular weight is 230 g/mol. The molecule has 5 nitrogen and oxygen atoms in total. The highest BCUT2D eigenvalue weighted by atomic mass is 16.5. The molecule has 0 radical (unpaired) electrons. The first-order valence-electron chi connectivity index (χ1n) is 5.20. The van der Waals surface area contributed by atoms with Gasteiger partial charge in [0.1, 0.15) is 12.1 Å². The summed E-state index contributed by atoms with van der Waals surface area (Å²) in [6, 6.07) is 5.71. The van der Waals surface area contributed by atoms with E-state index < -0.39 is 0 Å². The molecule has 0 aliphatic carbocycles. The lowest BCUT2D eigenvalue weighted by Gasteiger charge is -2.11. The van der Waals surface area contributed by atoms with Crippen LogP contribution >= 0.6 is 0 Å². The average Bonchev–Trinajstić information content (AvgIpc) is 2.39. The van der Waals surface area contributed by atoms with Gasteiger partial charge in [-0.15, -0.1) is 0 Å². The van der Waals surface area contributed by atoms with E-state index in [9.17, 15) is 0 Å².